The summed E-state index contributed by atoms with van der Waals surface area (Å²) in [4.78, 5) is 28.7. The number of aryl methyl sites for hydroxylation is 2. The summed E-state index contributed by atoms with van der Waals surface area (Å²) in [5.74, 6) is -0.0316. The van der Waals surface area contributed by atoms with E-state index in [9.17, 15) is 9.59 Å². The molecule has 4 rings (SSSR count). The van der Waals surface area contributed by atoms with E-state index in [4.69, 9.17) is 0 Å². The lowest BCUT2D eigenvalue weighted by Gasteiger charge is -2.22. The Morgan fingerprint density at radius 1 is 1.38 bits per heavy atom. The zero-order valence-electron chi connectivity index (χ0n) is 14.9. The summed E-state index contributed by atoms with van der Waals surface area (Å²) in [6.07, 6.45) is 7.00. The summed E-state index contributed by atoms with van der Waals surface area (Å²) in [5, 5.41) is 10.2. The zero-order valence-corrected chi connectivity index (χ0v) is 14.9. The first-order valence-corrected chi connectivity index (χ1v) is 8.89. The smallest absolute Gasteiger partial charge is 0.266 e. The van der Waals surface area contributed by atoms with Crippen molar-refractivity contribution in [3.63, 3.8) is 0 Å². The van der Waals surface area contributed by atoms with Crippen LogP contribution in [0.5, 0.6) is 0 Å². The molecule has 3 aromatic rings. The highest BCUT2D eigenvalue weighted by atomic mass is 16.1. The highest BCUT2D eigenvalue weighted by Gasteiger charge is 2.30. The van der Waals surface area contributed by atoms with Crippen LogP contribution in [0.4, 0.5) is 0 Å². The number of carbonyl (C=O) groups is 1. The molecule has 0 saturated heterocycles. The lowest BCUT2D eigenvalue weighted by molar-refractivity contribution is -0.121. The molecule has 8 heteroatoms. The number of aromatic nitrogens is 5. The molecule has 1 saturated carbocycles. The third-order valence-corrected chi connectivity index (χ3v) is 5.23. The van der Waals surface area contributed by atoms with Crippen LogP contribution < -0.4 is 10.9 Å². The maximum Gasteiger partial charge on any atom is 0.266 e. The monoisotopic (exact) mass is 354 g/mol. The number of hydrogen-bond donors (Lipinski definition) is 2. The second kappa shape index (κ2) is 6.44. The molecule has 136 valence electrons. The molecule has 3 aromatic heterocycles. The summed E-state index contributed by atoms with van der Waals surface area (Å²) >= 11 is 0. The molecule has 26 heavy (non-hydrogen) atoms. The third kappa shape index (κ3) is 2.91. The summed E-state index contributed by atoms with van der Waals surface area (Å²) in [7, 11) is 0. The number of fused-ring (bicyclic) bond motifs is 1. The van der Waals surface area contributed by atoms with Crippen LogP contribution in [0.3, 0.4) is 0 Å². The van der Waals surface area contributed by atoms with Crippen LogP contribution in [0.15, 0.2) is 29.3 Å². The van der Waals surface area contributed by atoms with E-state index in [1.165, 1.54) is 6.07 Å². The van der Waals surface area contributed by atoms with Crippen molar-refractivity contribution in [1.82, 2.24) is 29.7 Å². The van der Waals surface area contributed by atoms with E-state index in [-0.39, 0.29) is 30.0 Å². The summed E-state index contributed by atoms with van der Waals surface area (Å²) < 4.78 is 3.58. The Morgan fingerprint density at radius 3 is 3.00 bits per heavy atom. The molecule has 8 nitrogen and oxygen atoms in total. The molecule has 0 radical (unpaired) electrons. The number of nitrogens with zero attached hydrogens (tertiary/aromatic N) is 4. The van der Waals surface area contributed by atoms with E-state index in [1.807, 2.05) is 30.8 Å². The van der Waals surface area contributed by atoms with E-state index < -0.39 is 0 Å². The molecular formula is C18H22N6O2. The Hall–Kier alpha value is -2.90. The van der Waals surface area contributed by atoms with Crippen molar-refractivity contribution in [3.8, 4) is 0 Å². The summed E-state index contributed by atoms with van der Waals surface area (Å²) in [5.41, 5.74) is 2.82. The maximum absolute atomic E-state index is 12.7. The van der Waals surface area contributed by atoms with Gasteiger partial charge in [-0.15, -0.1) is 0 Å². The largest absolute Gasteiger partial charge is 0.351 e. The van der Waals surface area contributed by atoms with Crippen LogP contribution >= 0.6 is 0 Å². The molecule has 0 bridgehead atoms. The Kier molecular flexibility index (Phi) is 4.10. The van der Waals surface area contributed by atoms with Crippen molar-refractivity contribution in [2.24, 2.45) is 0 Å². The Balaban J connectivity index is 1.53. The zero-order chi connectivity index (χ0) is 18.3. The Bertz CT molecular complexity index is 1000. The minimum Gasteiger partial charge on any atom is -0.351 e. The fourth-order valence-electron chi connectivity index (χ4n) is 3.93. The second-order valence-corrected chi connectivity index (χ2v) is 6.91. The van der Waals surface area contributed by atoms with Crippen LogP contribution in [0.1, 0.15) is 42.3 Å². The van der Waals surface area contributed by atoms with Gasteiger partial charge in [-0.05, 0) is 39.2 Å². The number of hydrogen-bond acceptors (Lipinski definition) is 4. The predicted octanol–water partition coefficient (Wildman–Crippen LogP) is 1.29. The van der Waals surface area contributed by atoms with Gasteiger partial charge < -0.3 is 5.32 Å². The van der Waals surface area contributed by atoms with Gasteiger partial charge in [0, 0.05) is 35.4 Å². The molecule has 0 aromatic carbocycles. The lowest BCUT2D eigenvalue weighted by Crippen LogP contribution is -2.39. The van der Waals surface area contributed by atoms with Gasteiger partial charge in [0.25, 0.3) is 5.56 Å². The average Bonchev–Trinajstić information content (AvgIpc) is 3.31. The van der Waals surface area contributed by atoms with Gasteiger partial charge in [0.15, 0.2) is 5.65 Å². The van der Waals surface area contributed by atoms with E-state index in [1.54, 1.807) is 10.7 Å². The number of rotatable bonds is 4. The van der Waals surface area contributed by atoms with Crippen LogP contribution in [0, 0.1) is 13.8 Å². The molecular weight excluding hydrogens is 332 g/mol. The van der Waals surface area contributed by atoms with E-state index in [2.05, 4.69) is 20.5 Å². The molecule has 3 heterocycles. The minimum absolute atomic E-state index is 0.0316. The van der Waals surface area contributed by atoms with Gasteiger partial charge in [-0.1, -0.05) is 0 Å². The first-order chi connectivity index (χ1) is 12.5. The topological polar surface area (TPSA) is 97.1 Å². The minimum atomic E-state index is -0.199. The normalized spacial score (nSPS) is 19.9. The Labute approximate surface area is 150 Å². The molecule has 0 spiro atoms. The maximum atomic E-state index is 12.7. The first kappa shape index (κ1) is 16.6. The molecule has 1 fully saturated rings. The summed E-state index contributed by atoms with van der Waals surface area (Å²) in [6, 6.07) is 3.66. The quantitative estimate of drug-likeness (QED) is 0.738. The van der Waals surface area contributed by atoms with Gasteiger partial charge in [0.2, 0.25) is 5.91 Å². The summed E-state index contributed by atoms with van der Waals surface area (Å²) in [6.45, 7) is 3.76. The SMILES string of the molecule is Cc1nc2cc(=O)[nH]n2c(C)c1CC(=O)N[C@@H]1CCC[C@@H]1n1cccn1. The van der Waals surface area contributed by atoms with Gasteiger partial charge in [-0.25, -0.2) is 9.50 Å². The number of amides is 1. The standard InChI is InChI=1S/C18H22N6O2/c1-11-13(12(2)24-16(20-11)10-18(26)22-24)9-17(25)21-14-5-3-6-15(14)23-8-4-7-19-23/h4,7-8,10,14-15H,3,5-6,9H2,1-2H3,(H,21,25)(H,22,26)/t14-,15+/m1/s1. The van der Waals surface area contributed by atoms with Crippen LogP contribution in [-0.4, -0.2) is 36.3 Å². The molecule has 2 N–H and O–H groups in total. The van der Waals surface area contributed by atoms with Crippen molar-refractivity contribution in [3.05, 3.63) is 51.8 Å². The highest BCUT2D eigenvalue weighted by molar-refractivity contribution is 5.79. The number of aromatic amines is 1. The van der Waals surface area contributed by atoms with Crippen LogP contribution in [0.2, 0.25) is 0 Å². The van der Waals surface area contributed by atoms with Crippen molar-refractivity contribution in [1.29, 1.82) is 0 Å². The second-order valence-electron chi connectivity index (χ2n) is 6.91. The first-order valence-electron chi connectivity index (χ1n) is 8.89. The number of H-pyrrole nitrogens is 1. The van der Waals surface area contributed by atoms with Gasteiger partial charge in [-0.2, -0.15) is 5.10 Å². The van der Waals surface area contributed by atoms with Gasteiger partial charge in [0.1, 0.15) is 0 Å². The predicted molar refractivity (Wildman–Crippen MR) is 96.0 cm³/mol. The van der Waals surface area contributed by atoms with E-state index in [0.29, 0.717) is 5.65 Å². The molecule has 1 amide bonds. The van der Waals surface area contributed by atoms with E-state index in [0.717, 1.165) is 36.2 Å². The van der Waals surface area contributed by atoms with Gasteiger partial charge >= 0.3 is 0 Å². The van der Waals surface area contributed by atoms with Crippen LogP contribution in [0.25, 0.3) is 5.65 Å². The molecule has 0 unspecified atom stereocenters. The van der Waals surface area contributed by atoms with Crippen molar-refractivity contribution >= 4 is 11.6 Å². The number of carbonyl (C=O) groups excluding carboxylic acids is 1. The fourth-order valence-corrected chi connectivity index (χ4v) is 3.93. The molecule has 1 aliphatic carbocycles. The lowest BCUT2D eigenvalue weighted by atomic mass is 10.1. The van der Waals surface area contributed by atoms with Crippen molar-refractivity contribution in [2.45, 2.75) is 51.6 Å². The van der Waals surface area contributed by atoms with Gasteiger partial charge in [-0.3, -0.25) is 19.4 Å². The Morgan fingerprint density at radius 2 is 2.23 bits per heavy atom. The van der Waals surface area contributed by atoms with Crippen LogP contribution in [-0.2, 0) is 11.2 Å². The average molecular weight is 354 g/mol. The fraction of sp³-hybridized carbons (Fsp3) is 0.444. The molecule has 0 aliphatic heterocycles. The number of nitrogens with one attached hydrogen (secondary N) is 2. The van der Waals surface area contributed by atoms with Crippen molar-refractivity contribution in [2.75, 3.05) is 0 Å². The highest BCUT2D eigenvalue weighted by Crippen LogP contribution is 2.29. The third-order valence-electron chi connectivity index (χ3n) is 5.23. The van der Waals surface area contributed by atoms with E-state index >= 15 is 0 Å². The van der Waals surface area contributed by atoms with Crippen molar-refractivity contribution < 1.29 is 4.79 Å². The van der Waals surface area contributed by atoms with Gasteiger partial charge in [0.05, 0.1) is 18.5 Å². The molecule has 2 atom stereocenters. The molecule has 1 aliphatic rings.